The highest BCUT2D eigenvalue weighted by atomic mass is 19.3. The Morgan fingerprint density at radius 1 is 1.24 bits per heavy atom. The molecule has 0 atom stereocenters. The van der Waals surface area contributed by atoms with Crippen LogP contribution in [0.3, 0.4) is 0 Å². The molecule has 0 fully saturated rings. The summed E-state index contributed by atoms with van der Waals surface area (Å²) in [5.41, 5.74) is 7.19. The molecule has 0 spiro atoms. The molecule has 4 aromatic rings. The molecular weight excluding hydrogens is 387 g/mol. The topological polar surface area (TPSA) is 110 Å². The van der Waals surface area contributed by atoms with E-state index >= 15 is 0 Å². The molecule has 150 valence electrons. The lowest BCUT2D eigenvalue weighted by Crippen LogP contribution is -2.15. The van der Waals surface area contributed by atoms with E-state index in [9.17, 15) is 18.0 Å². The minimum atomic E-state index is -2.52. The van der Waals surface area contributed by atoms with Gasteiger partial charge in [-0.05, 0) is 18.6 Å². The quantitative estimate of drug-likeness (QED) is 0.472. The number of hydrogen-bond acceptors (Lipinski definition) is 5. The third-order valence-corrected chi connectivity index (χ3v) is 4.66. The van der Waals surface area contributed by atoms with E-state index in [1.807, 2.05) is 0 Å². The van der Waals surface area contributed by atoms with Crippen molar-refractivity contribution in [2.45, 2.75) is 19.8 Å². The van der Waals surface area contributed by atoms with Crippen molar-refractivity contribution >= 4 is 27.5 Å². The monoisotopic (exact) mass is 403 g/mol. The fraction of sp³-hybridized carbons (Fsp3) is 0.211. The molecule has 7 nitrogen and oxygen atoms in total. The van der Waals surface area contributed by atoms with E-state index in [0.717, 1.165) is 0 Å². The summed E-state index contributed by atoms with van der Waals surface area (Å²) in [6, 6.07) is 2.71. The summed E-state index contributed by atoms with van der Waals surface area (Å²) >= 11 is 0. The first-order valence-corrected chi connectivity index (χ1v) is 8.72. The third-order valence-electron chi connectivity index (χ3n) is 4.66. The molecule has 0 unspecified atom stereocenters. The van der Waals surface area contributed by atoms with Gasteiger partial charge in [-0.3, -0.25) is 14.9 Å². The molecule has 0 aliphatic heterocycles. The van der Waals surface area contributed by atoms with E-state index in [4.69, 9.17) is 10.5 Å². The highest BCUT2D eigenvalue weighted by Crippen LogP contribution is 2.40. The number of aryl methyl sites for hydroxylation is 1. The van der Waals surface area contributed by atoms with Crippen LogP contribution in [0.4, 0.5) is 18.9 Å². The van der Waals surface area contributed by atoms with Crippen LogP contribution in [0, 0.1) is 12.7 Å². The van der Waals surface area contributed by atoms with Crippen molar-refractivity contribution in [3.05, 3.63) is 46.4 Å². The molecule has 0 aliphatic rings. The number of anilines is 1. The van der Waals surface area contributed by atoms with Gasteiger partial charge >= 0.3 is 0 Å². The van der Waals surface area contributed by atoms with Crippen LogP contribution in [0.1, 0.15) is 12.1 Å². The van der Waals surface area contributed by atoms with Gasteiger partial charge in [-0.2, -0.15) is 5.10 Å². The number of aromatic nitrogens is 4. The number of nitrogens with zero attached hydrogens (tertiary/aromatic N) is 2. The first-order chi connectivity index (χ1) is 13.9. The van der Waals surface area contributed by atoms with Crippen molar-refractivity contribution in [1.82, 2.24) is 20.2 Å². The molecule has 1 aromatic carbocycles. The molecule has 0 saturated heterocycles. The maximum Gasteiger partial charge on any atom is 0.272 e. The van der Waals surface area contributed by atoms with Gasteiger partial charge in [0.25, 0.3) is 5.56 Å². The molecule has 10 heteroatoms. The molecule has 3 heterocycles. The number of nitrogens with two attached hydrogens (primary N) is 1. The van der Waals surface area contributed by atoms with Crippen molar-refractivity contribution < 1.29 is 17.9 Å². The molecule has 0 bridgehead atoms. The summed E-state index contributed by atoms with van der Waals surface area (Å²) in [4.78, 5) is 19.3. The number of nitrogen functional groups attached to an aromatic ring is 1. The Morgan fingerprint density at radius 3 is 2.79 bits per heavy atom. The molecule has 0 radical (unpaired) electrons. The number of pyridine rings is 2. The number of nitrogens with one attached hydrogen (secondary N) is 2. The number of ether oxygens (including phenoxy) is 1. The lowest BCUT2D eigenvalue weighted by Gasteiger charge is -2.16. The Balaban J connectivity index is 2.05. The van der Waals surface area contributed by atoms with Gasteiger partial charge in [-0.25, -0.2) is 13.2 Å². The summed E-state index contributed by atoms with van der Waals surface area (Å²) in [5, 5.41) is 7.26. The first kappa shape index (κ1) is 18.8. The Labute approximate surface area is 161 Å². The predicted octanol–water partition coefficient (Wildman–Crippen LogP) is 3.53. The second kappa shape index (κ2) is 7.12. The zero-order valence-corrected chi connectivity index (χ0v) is 15.2. The van der Waals surface area contributed by atoms with E-state index in [1.54, 1.807) is 6.92 Å². The van der Waals surface area contributed by atoms with Gasteiger partial charge in [-0.1, -0.05) is 6.07 Å². The number of alkyl halides is 2. The van der Waals surface area contributed by atoms with E-state index in [-0.39, 0.29) is 23.6 Å². The van der Waals surface area contributed by atoms with Gasteiger partial charge in [0.05, 0.1) is 35.6 Å². The number of fused-ring (bicyclic) bond motifs is 2. The number of H-pyrrole nitrogens is 2. The molecule has 4 rings (SSSR count). The normalized spacial score (nSPS) is 11.6. The van der Waals surface area contributed by atoms with Crippen molar-refractivity contribution in [2.75, 3.05) is 12.3 Å². The molecule has 0 saturated carbocycles. The highest BCUT2D eigenvalue weighted by Gasteiger charge is 2.21. The molecule has 3 aromatic heterocycles. The minimum Gasteiger partial charge on any atom is -0.491 e. The number of benzene rings is 1. The third kappa shape index (κ3) is 3.16. The van der Waals surface area contributed by atoms with Gasteiger partial charge in [0, 0.05) is 17.4 Å². The highest BCUT2D eigenvalue weighted by molar-refractivity contribution is 6.10. The van der Waals surface area contributed by atoms with Gasteiger partial charge in [-0.15, -0.1) is 0 Å². The van der Waals surface area contributed by atoms with Crippen molar-refractivity contribution in [2.24, 2.45) is 0 Å². The molecule has 0 amide bonds. The van der Waals surface area contributed by atoms with Crippen LogP contribution >= 0.6 is 0 Å². The Morgan fingerprint density at radius 2 is 2.03 bits per heavy atom. The second-order valence-corrected chi connectivity index (χ2v) is 6.48. The first-order valence-electron chi connectivity index (χ1n) is 8.72. The van der Waals surface area contributed by atoms with Gasteiger partial charge in [0.15, 0.2) is 0 Å². The second-order valence-electron chi connectivity index (χ2n) is 6.48. The molecular formula is C19H16F3N5O2. The maximum atomic E-state index is 14.1. The Bertz CT molecular complexity index is 1280. The summed E-state index contributed by atoms with van der Waals surface area (Å²) < 4.78 is 44.7. The van der Waals surface area contributed by atoms with E-state index in [1.165, 1.54) is 24.5 Å². The Kier molecular flexibility index (Phi) is 4.61. The van der Waals surface area contributed by atoms with Crippen LogP contribution in [-0.2, 0) is 0 Å². The zero-order valence-electron chi connectivity index (χ0n) is 15.2. The number of rotatable bonds is 5. The van der Waals surface area contributed by atoms with Crippen LogP contribution in [0.25, 0.3) is 32.9 Å². The SMILES string of the molecule is Cc1ncc(OCCC(F)F)c2c(-c3ccc(F)c4[nH]ncc34)c(N)c(=O)[nH]c12. The fourth-order valence-corrected chi connectivity index (χ4v) is 3.29. The lowest BCUT2D eigenvalue weighted by molar-refractivity contribution is 0.114. The van der Waals surface area contributed by atoms with Crippen molar-refractivity contribution in [3.8, 4) is 16.9 Å². The molecule has 0 aliphatic carbocycles. The van der Waals surface area contributed by atoms with Crippen LogP contribution in [-0.4, -0.2) is 33.2 Å². The average molecular weight is 403 g/mol. The fourth-order valence-electron chi connectivity index (χ4n) is 3.29. The minimum absolute atomic E-state index is 0.115. The predicted molar refractivity (Wildman–Crippen MR) is 103 cm³/mol. The number of halogens is 3. The summed E-state index contributed by atoms with van der Waals surface area (Å²) in [7, 11) is 0. The smallest absolute Gasteiger partial charge is 0.272 e. The largest absolute Gasteiger partial charge is 0.491 e. The summed E-state index contributed by atoms with van der Waals surface area (Å²) in [6.07, 6.45) is -0.176. The Hall–Kier alpha value is -3.56. The van der Waals surface area contributed by atoms with E-state index in [0.29, 0.717) is 33.1 Å². The number of hydrogen-bond donors (Lipinski definition) is 3. The van der Waals surface area contributed by atoms with Gasteiger partial charge in [0.1, 0.15) is 22.8 Å². The lowest BCUT2D eigenvalue weighted by atomic mass is 9.96. The van der Waals surface area contributed by atoms with Crippen molar-refractivity contribution in [1.29, 1.82) is 0 Å². The van der Waals surface area contributed by atoms with E-state index < -0.39 is 24.2 Å². The van der Waals surface area contributed by atoms with E-state index in [2.05, 4.69) is 20.2 Å². The standard InChI is InChI=1S/C19H16F3N5O2/c1-8-17-15(12(7-24-8)29-5-4-13(21)22)14(16(23)19(28)26-17)9-2-3-11(20)18-10(9)6-25-27-18/h2-3,6-7,13H,4-5,23H2,1H3,(H,25,27)(H,26,28). The van der Waals surface area contributed by atoms with Crippen LogP contribution in [0.2, 0.25) is 0 Å². The molecule has 29 heavy (non-hydrogen) atoms. The summed E-state index contributed by atoms with van der Waals surface area (Å²) in [5.74, 6) is -0.328. The summed E-state index contributed by atoms with van der Waals surface area (Å²) in [6.45, 7) is 1.43. The van der Waals surface area contributed by atoms with Gasteiger partial charge < -0.3 is 15.5 Å². The van der Waals surface area contributed by atoms with Crippen LogP contribution in [0.15, 0.2) is 29.3 Å². The average Bonchev–Trinajstić information content (AvgIpc) is 3.17. The van der Waals surface area contributed by atoms with Gasteiger partial charge in [0.2, 0.25) is 6.43 Å². The van der Waals surface area contributed by atoms with Crippen LogP contribution in [0.5, 0.6) is 5.75 Å². The maximum absolute atomic E-state index is 14.1. The molecule has 4 N–H and O–H groups in total. The zero-order chi connectivity index (χ0) is 20.7. The van der Waals surface area contributed by atoms with Crippen LogP contribution < -0.4 is 16.0 Å². The van der Waals surface area contributed by atoms with Crippen molar-refractivity contribution in [3.63, 3.8) is 0 Å². The number of aromatic amines is 2.